The van der Waals surface area contributed by atoms with Gasteiger partial charge < -0.3 is 5.32 Å². The lowest BCUT2D eigenvalue weighted by atomic mass is 9.78. The third-order valence-electron chi connectivity index (χ3n) is 4.28. The van der Waals surface area contributed by atoms with Crippen molar-refractivity contribution in [3.8, 4) is 0 Å². The van der Waals surface area contributed by atoms with Gasteiger partial charge in [0.05, 0.1) is 0 Å². The Morgan fingerprint density at radius 1 is 1.22 bits per heavy atom. The predicted octanol–water partition coefficient (Wildman–Crippen LogP) is 3.88. The Balaban J connectivity index is 1.94. The minimum atomic E-state index is -0.518. The van der Waals surface area contributed by atoms with Crippen LogP contribution in [0.4, 0.5) is 8.78 Å². The Kier molecular flexibility index (Phi) is 4.33. The summed E-state index contributed by atoms with van der Waals surface area (Å²) in [5.74, 6) is 0.353. The van der Waals surface area contributed by atoms with Crippen LogP contribution in [0.15, 0.2) is 18.2 Å². The van der Waals surface area contributed by atoms with Crippen LogP contribution in [0.5, 0.6) is 0 Å². The number of hydrogen-bond donors (Lipinski definition) is 1. The lowest BCUT2D eigenvalue weighted by Crippen LogP contribution is -2.40. The SMILES string of the molecule is CC1CCCC(NCc2ccc(F)cc2F)C1C. The van der Waals surface area contributed by atoms with E-state index in [4.69, 9.17) is 0 Å². The van der Waals surface area contributed by atoms with E-state index in [1.807, 2.05) is 0 Å². The van der Waals surface area contributed by atoms with Crippen molar-refractivity contribution in [1.29, 1.82) is 0 Å². The molecule has 1 saturated carbocycles. The quantitative estimate of drug-likeness (QED) is 0.862. The second-order valence-electron chi connectivity index (χ2n) is 5.49. The first-order valence-corrected chi connectivity index (χ1v) is 6.75. The molecule has 18 heavy (non-hydrogen) atoms. The zero-order chi connectivity index (χ0) is 13.1. The number of halogens is 2. The molecular formula is C15H21F2N. The van der Waals surface area contributed by atoms with Crippen molar-refractivity contribution in [3.63, 3.8) is 0 Å². The van der Waals surface area contributed by atoms with Crippen LogP contribution in [0.3, 0.4) is 0 Å². The maximum Gasteiger partial charge on any atom is 0.130 e. The van der Waals surface area contributed by atoms with E-state index in [0.29, 0.717) is 30.0 Å². The van der Waals surface area contributed by atoms with Gasteiger partial charge in [0.1, 0.15) is 11.6 Å². The normalized spacial score (nSPS) is 28.3. The third kappa shape index (κ3) is 3.08. The van der Waals surface area contributed by atoms with Gasteiger partial charge in [0, 0.05) is 24.2 Å². The fraction of sp³-hybridized carbons (Fsp3) is 0.600. The molecular weight excluding hydrogens is 232 g/mol. The first-order chi connectivity index (χ1) is 8.58. The molecule has 100 valence electrons. The molecule has 1 N–H and O–H groups in total. The molecule has 0 heterocycles. The van der Waals surface area contributed by atoms with Gasteiger partial charge in [0.25, 0.3) is 0 Å². The molecule has 3 atom stereocenters. The number of benzene rings is 1. The maximum absolute atomic E-state index is 13.5. The first-order valence-electron chi connectivity index (χ1n) is 6.75. The molecule has 1 aromatic rings. The Bertz CT molecular complexity index is 405. The molecule has 1 aliphatic carbocycles. The Morgan fingerprint density at radius 2 is 2.00 bits per heavy atom. The summed E-state index contributed by atoms with van der Waals surface area (Å²) in [5, 5.41) is 3.42. The summed E-state index contributed by atoms with van der Waals surface area (Å²) >= 11 is 0. The number of rotatable bonds is 3. The van der Waals surface area contributed by atoms with Crippen molar-refractivity contribution < 1.29 is 8.78 Å². The summed E-state index contributed by atoms with van der Waals surface area (Å²) in [7, 11) is 0. The molecule has 1 aromatic carbocycles. The molecule has 0 aromatic heterocycles. The molecule has 0 bridgehead atoms. The van der Waals surface area contributed by atoms with Crippen LogP contribution in [-0.4, -0.2) is 6.04 Å². The minimum absolute atomic E-state index is 0.443. The second kappa shape index (κ2) is 5.79. The summed E-state index contributed by atoms with van der Waals surface area (Å²) in [6.45, 7) is 5.01. The largest absolute Gasteiger partial charge is 0.310 e. The van der Waals surface area contributed by atoms with Crippen molar-refractivity contribution in [2.24, 2.45) is 11.8 Å². The highest BCUT2D eigenvalue weighted by atomic mass is 19.1. The highest BCUT2D eigenvalue weighted by molar-refractivity contribution is 5.18. The average Bonchev–Trinajstić information content (AvgIpc) is 2.33. The van der Waals surface area contributed by atoms with Crippen molar-refractivity contribution >= 4 is 0 Å². The lowest BCUT2D eigenvalue weighted by molar-refractivity contribution is 0.205. The van der Waals surface area contributed by atoms with E-state index in [9.17, 15) is 8.78 Å². The Morgan fingerprint density at radius 3 is 2.72 bits per heavy atom. The van der Waals surface area contributed by atoms with Crippen molar-refractivity contribution in [3.05, 3.63) is 35.4 Å². The van der Waals surface area contributed by atoms with Crippen LogP contribution >= 0.6 is 0 Å². The first kappa shape index (κ1) is 13.5. The molecule has 1 nitrogen and oxygen atoms in total. The second-order valence-corrected chi connectivity index (χ2v) is 5.49. The van der Waals surface area contributed by atoms with E-state index in [1.165, 1.54) is 25.0 Å². The average molecular weight is 253 g/mol. The van der Waals surface area contributed by atoms with Crippen molar-refractivity contribution in [2.75, 3.05) is 0 Å². The van der Waals surface area contributed by atoms with Crippen LogP contribution in [0, 0.1) is 23.5 Å². The zero-order valence-electron chi connectivity index (χ0n) is 11.0. The van der Waals surface area contributed by atoms with Gasteiger partial charge in [-0.25, -0.2) is 8.78 Å². The fourth-order valence-corrected chi connectivity index (χ4v) is 2.78. The van der Waals surface area contributed by atoms with Gasteiger partial charge in [-0.2, -0.15) is 0 Å². The van der Waals surface area contributed by atoms with Crippen LogP contribution in [0.1, 0.15) is 38.7 Å². The summed E-state index contributed by atoms with van der Waals surface area (Å²) in [4.78, 5) is 0. The van der Waals surface area contributed by atoms with Gasteiger partial charge in [-0.3, -0.25) is 0 Å². The van der Waals surface area contributed by atoms with Gasteiger partial charge in [-0.15, -0.1) is 0 Å². The van der Waals surface area contributed by atoms with Gasteiger partial charge in [0.2, 0.25) is 0 Å². The number of hydrogen-bond acceptors (Lipinski definition) is 1. The summed E-state index contributed by atoms with van der Waals surface area (Å²) in [6.07, 6.45) is 3.66. The van der Waals surface area contributed by atoms with Gasteiger partial charge in [-0.05, 0) is 24.3 Å². The fourth-order valence-electron chi connectivity index (χ4n) is 2.78. The van der Waals surface area contributed by atoms with Crippen molar-refractivity contribution in [1.82, 2.24) is 5.32 Å². The summed E-state index contributed by atoms with van der Waals surface area (Å²) < 4.78 is 26.3. The minimum Gasteiger partial charge on any atom is -0.310 e. The van der Waals surface area contributed by atoms with E-state index >= 15 is 0 Å². The highest BCUT2D eigenvalue weighted by Crippen LogP contribution is 2.29. The molecule has 3 unspecified atom stereocenters. The van der Waals surface area contributed by atoms with Gasteiger partial charge >= 0.3 is 0 Å². The summed E-state index contributed by atoms with van der Waals surface area (Å²) in [6, 6.07) is 4.23. The van der Waals surface area contributed by atoms with E-state index in [1.54, 1.807) is 0 Å². The van der Waals surface area contributed by atoms with E-state index in [0.717, 1.165) is 12.5 Å². The predicted molar refractivity (Wildman–Crippen MR) is 69.2 cm³/mol. The lowest BCUT2D eigenvalue weighted by Gasteiger charge is -2.34. The molecule has 0 spiro atoms. The standard InChI is InChI=1S/C15H21F2N/c1-10-4-3-5-15(11(10)2)18-9-12-6-7-13(16)8-14(12)17/h6-8,10-11,15,18H,3-5,9H2,1-2H3. The highest BCUT2D eigenvalue weighted by Gasteiger charge is 2.26. The molecule has 0 saturated heterocycles. The van der Waals surface area contributed by atoms with E-state index in [-0.39, 0.29) is 0 Å². The molecule has 0 amide bonds. The maximum atomic E-state index is 13.5. The Labute approximate surface area is 108 Å². The molecule has 1 fully saturated rings. The van der Waals surface area contributed by atoms with Crippen molar-refractivity contribution in [2.45, 2.75) is 45.7 Å². The molecule has 0 radical (unpaired) electrons. The van der Waals surface area contributed by atoms with Crippen LogP contribution in [-0.2, 0) is 6.54 Å². The number of nitrogens with one attached hydrogen (secondary N) is 1. The monoisotopic (exact) mass is 253 g/mol. The van der Waals surface area contributed by atoms with E-state index in [2.05, 4.69) is 19.2 Å². The molecule has 3 heteroatoms. The van der Waals surface area contributed by atoms with Gasteiger partial charge in [0.15, 0.2) is 0 Å². The van der Waals surface area contributed by atoms with Crippen LogP contribution in [0.2, 0.25) is 0 Å². The Hall–Kier alpha value is -0.960. The topological polar surface area (TPSA) is 12.0 Å². The zero-order valence-corrected chi connectivity index (χ0v) is 11.0. The third-order valence-corrected chi connectivity index (χ3v) is 4.28. The van der Waals surface area contributed by atoms with Crippen LogP contribution in [0.25, 0.3) is 0 Å². The molecule has 2 rings (SSSR count). The smallest absolute Gasteiger partial charge is 0.130 e. The van der Waals surface area contributed by atoms with E-state index < -0.39 is 11.6 Å². The molecule has 0 aliphatic heterocycles. The summed E-state index contributed by atoms with van der Waals surface area (Å²) in [5.41, 5.74) is 0.543. The molecule has 1 aliphatic rings. The van der Waals surface area contributed by atoms with Gasteiger partial charge in [-0.1, -0.05) is 32.8 Å². The van der Waals surface area contributed by atoms with Crippen LogP contribution < -0.4 is 5.32 Å².